The van der Waals surface area contributed by atoms with Crippen LogP contribution < -0.4 is 4.90 Å². The van der Waals surface area contributed by atoms with Crippen LogP contribution in [0.1, 0.15) is 5.69 Å². The molecular formula is C12H11ClFN3O. The number of benzene rings is 1. The molecule has 94 valence electrons. The predicted molar refractivity (Wildman–Crippen MR) is 67.1 cm³/mol. The van der Waals surface area contributed by atoms with E-state index in [1.807, 2.05) is 0 Å². The van der Waals surface area contributed by atoms with Gasteiger partial charge in [-0.05, 0) is 24.3 Å². The topological polar surface area (TPSA) is 49.0 Å². The van der Waals surface area contributed by atoms with E-state index in [0.29, 0.717) is 5.69 Å². The fourth-order valence-electron chi connectivity index (χ4n) is 1.50. The number of nitrogens with zero attached hydrogens (tertiary/aromatic N) is 2. The number of nitrogens with one attached hydrogen (secondary N) is 1. The lowest BCUT2D eigenvalue weighted by molar-refractivity contribution is -0.117. The Kier molecular flexibility index (Phi) is 3.62. The first-order chi connectivity index (χ1) is 8.58. The zero-order valence-electron chi connectivity index (χ0n) is 9.65. The van der Waals surface area contributed by atoms with E-state index in [1.165, 1.54) is 23.1 Å². The van der Waals surface area contributed by atoms with Gasteiger partial charge in [-0.1, -0.05) is 11.6 Å². The Bertz CT molecular complexity index is 556. The fourth-order valence-corrected chi connectivity index (χ4v) is 1.68. The van der Waals surface area contributed by atoms with Crippen molar-refractivity contribution >= 4 is 23.2 Å². The molecule has 4 nitrogen and oxygen atoms in total. The predicted octanol–water partition coefficient (Wildman–Crippen LogP) is 2.41. The highest BCUT2D eigenvalue weighted by Gasteiger charge is 2.13. The highest BCUT2D eigenvalue weighted by molar-refractivity contribution is 6.31. The van der Waals surface area contributed by atoms with Gasteiger partial charge in [-0.25, -0.2) is 4.39 Å². The monoisotopic (exact) mass is 267 g/mol. The van der Waals surface area contributed by atoms with E-state index >= 15 is 0 Å². The van der Waals surface area contributed by atoms with Crippen molar-refractivity contribution < 1.29 is 9.18 Å². The number of aromatic amines is 1. The summed E-state index contributed by atoms with van der Waals surface area (Å²) in [5, 5.41) is 6.47. The second kappa shape index (κ2) is 5.18. The highest BCUT2D eigenvalue weighted by Crippen LogP contribution is 2.22. The average Bonchev–Trinajstić information content (AvgIpc) is 2.84. The molecule has 0 unspecified atom stereocenters. The molecule has 1 aromatic heterocycles. The highest BCUT2D eigenvalue weighted by atomic mass is 35.5. The van der Waals surface area contributed by atoms with Gasteiger partial charge < -0.3 is 4.90 Å². The van der Waals surface area contributed by atoms with E-state index < -0.39 is 5.82 Å². The van der Waals surface area contributed by atoms with Crippen LogP contribution >= 0.6 is 11.6 Å². The van der Waals surface area contributed by atoms with Crippen LogP contribution in [0.3, 0.4) is 0 Å². The van der Waals surface area contributed by atoms with Crippen LogP contribution in [-0.4, -0.2) is 23.2 Å². The summed E-state index contributed by atoms with van der Waals surface area (Å²) in [4.78, 5) is 13.4. The molecule has 0 saturated carbocycles. The minimum Gasteiger partial charge on any atom is -0.315 e. The summed E-state index contributed by atoms with van der Waals surface area (Å²) in [5.74, 6) is -0.642. The number of amides is 1. The minimum atomic E-state index is -0.505. The Morgan fingerprint density at radius 3 is 2.89 bits per heavy atom. The van der Waals surface area contributed by atoms with Gasteiger partial charge in [0.15, 0.2) is 0 Å². The van der Waals surface area contributed by atoms with Crippen LogP contribution in [0.4, 0.5) is 10.1 Å². The number of likely N-dealkylation sites (N-methyl/N-ethyl adjacent to an activating group) is 1. The molecule has 2 rings (SSSR count). The Morgan fingerprint density at radius 1 is 1.50 bits per heavy atom. The first-order valence-corrected chi connectivity index (χ1v) is 5.65. The summed E-state index contributed by atoms with van der Waals surface area (Å²) in [5.41, 5.74) is 1.27. The van der Waals surface area contributed by atoms with Crippen LogP contribution in [0.25, 0.3) is 0 Å². The molecule has 0 radical (unpaired) electrons. The number of hydrogen-bond acceptors (Lipinski definition) is 2. The van der Waals surface area contributed by atoms with Crippen LogP contribution in [-0.2, 0) is 11.2 Å². The maximum absolute atomic E-state index is 13.0. The van der Waals surface area contributed by atoms with Gasteiger partial charge in [0.05, 0.1) is 11.4 Å². The van der Waals surface area contributed by atoms with Crippen molar-refractivity contribution in [1.29, 1.82) is 0 Å². The van der Waals surface area contributed by atoms with Crippen molar-refractivity contribution in [1.82, 2.24) is 10.2 Å². The Balaban J connectivity index is 2.12. The molecule has 0 atom stereocenters. The quantitative estimate of drug-likeness (QED) is 0.928. The molecular weight excluding hydrogens is 257 g/mol. The van der Waals surface area contributed by atoms with E-state index in [4.69, 9.17) is 11.6 Å². The number of halogens is 2. The third kappa shape index (κ3) is 2.68. The van der Waals surface area contributed by atoms with Gasteiger partial charge in [-0.2, -0.15) is 5.10 Å². The maximum atomic E-state index is 13.0. The number of rotatable bonds is 3. The molecule has 0 aliphatic rings. The molecule has 18 heavy (non-hydrogen) atoms. The molecule has 1 heterocycles. The van der Waals surface area contributed by atoms with Crippen molar-refractivity contribution in [2.24, 2.45) is 0 Å². The number of carbonyl (C=O) groups is 1. The van der Waals surface area contributed by atoms with E-state index in [0.717, 1.165) is 5.69 Å². The third-order valence-electron chi connectivity index (χ3n) is 2.56. The van der Waals surface area contributed by atoms with E-state index in [9.17, 15) is 9.18 Å². The van der Waals surface area contributed by atoms with Crippen LogP contribution in [0, 0.1) is 5.82 Å². The second-order valence-electron chi connectivity index (χ2n) is 3.81. The largest absolute Gasteiger partial charge is 0.315 e. The summed E-state index contributed by atoms with van der Waals surface area (Å²) in [7, 11) is 1.61. The van der Waals surface area contributed by atoms with Gasteiger partial charge in [-0.15, -0.1) is 0 Å². The molecule has 0 spiro atoms. The second-order valence-corrected chi connectivity index (χ2v) is 4.22. The number of carbonyl (C=O) groups excluding carboxylic acids is 1. The number of aromatic nitrogens is 2. The molecule has 2 aromatic rings. The van der Waals surface area contributed by atoms with Crippen molar-refractivity contribution in [3.63, 3.8) is 0 Å². The third-order valence-corrected chi connectivity index (χ3v) is 2.85. The van der Waals surface area contributed by atoms with Crippen molar-refractivity contribution in [2.75, 3.05) is 11.9 Å². The smallest absolute Gasteiger partial charge is 0.232 e. The Labute approximate surface area is 108 Å². The number of H-pyrrole nitrogens is 1. The lowest BCUT2D eigenvalue weighted by atomic mass is 10.2. The standard InChI is InChI=1S/C12H11ClFN3O/c1-17(9-2-3-11(14)10(13)7-9)12(18)6-8-4-5-15-16-8/h2-5,7H,6H2,1H3,(H,15,16). The SMILES string of the molecule is CN(C(=O)Cc1ccn[nH]1)c1ccc(F)c(Cl)c1. The molecule has 0 fully saturated rings. The van der Waals surface area contributed by atoms with Gasteiger partial charge in [0.25, 0.3) is 0 Å². The van der Waals surface area contributed by atoms with Gasteiger partial charge >= 0.3 is 0 Å². The molecule has 0 saturated heterocycles. The lowest BCUT2D eigenvalue weighted by Crippen LogP contribution is -2.28. The lowest BCUT2D eigenvalue weighted by Gasteiger charge is -2.17. The Morgan fingerprint density at radius 2 is 2.28 bits per heavy atom. The van der Waals surface area contributed by atoms with Crippen LogP contribution in [0.15, 0.2) is 30.5 Å². The van der Waals surface area contributed by atoms with Crippen molar-refractivity contribution in [3.8, 4) is 0 Å². The molecule has 1 aromatic carbocycles. The molecule has 6 heteroatoms. The van der Waals surface area contributed by atoms with Crippen molar-refractivity contribution in [2.45, 2.75) is 6.42 Å². The maximum Gasteiger partial charge on any atom is 0.232 e. The minimum absolute atomic E-state index is 0.00584. The molecule has 0 bridgehead atoms. The van der Waals surface area contributed by atoms with Gasteiger partial charge in [0.1, 0.15) is 5.82 Å². The molecule has 0 aliphatic heterocycles. The summed E-state index contributed by atoms with van der Waals surface area (Å²) in [6.45, 7) is 0. The number of hydrogen-bond donors (Lipinski definition) is 1. The number of anilines is 1. The summed E-state index contributed by atoms with van der Waals surface area (Å²) in [6, 6.07) is 5.88. The normalized spacial score (nSPS) is 10.4. The van der Waals surface area contributed by atoms with E-state index in [-0.39, 0.29) is 17.4 Å². The van der Waals surface area contributed by atoms with Gasteiger partial charge in [-0.3, -0.25) is 9.89 Å². The van der Waals surface area contributed by atoms with E-state index in [2.05, 4.69) is 10.2 Å². The molecule has 1 amide bonds. The first kappa shape index (κ1) is 12.6. The summed E-state index contributed by atoms with van der Waals surface area (Å²) in [6.07, 6.45) is 1.78. The fraction of sp³-hybridized carbons (Fsp3) is 0.167. The van der Waals surface area contributed by atoms with Crippen LogP contribution in [0.5, 0.6) is 0 Å². The summed E-state index contributed by atoms with van der Waals surface area (Å²) >= 11 is 5.68. The average molecular weight is 268 g/mol. The molecule has 1 N–H and O–H groups in total. The first-order valence-electron chi connectivity index (χ1n) is 5.28. The molecule has 0 aliphatic carbocycles. The van der Waals surface area contributed by atoms with Crippen LogP contribution in [0.2, 0.25) is 5.02 Å². The zero-order chi connectivity index (χ0) is 13.1. The van der Waals surface area contributed by atoms with Gasteiger partial charge in [0, 0.05) is 24.6 Å². The van der Waals surface area contributed by atoms with Crippen molar-refractivity contribution in [3.05, 3.63) is 47.0 Å². The van der Waals surface area contributed by atoms with E-state index in [1.54, 1.807) is 19.3 Å². The summed E-state index contributed by atoms with van der Waals surface area (Å²) < 4.78 is 13.0. The Hall–Kier alpha value is -1.88. The zero-order valence-corrected chi connectivity index (χ0v) is 10.4. The van der Waals surface area contributed by atoms with Gasteiger partial charge in [0.2, 0.25) is 5.91 Å².